The maximum atomic E-state index is 11.8. The Labute approximate surface area is 110 Å². The highest BCUT2D eigenvalue weighted by Crippen LogP contribution is 2.15. The SMILES string of the molecule is CSC(CO)C(C)NC(=O)CC(C)CC(C)C. The van der Waals surface area contributed by atoms with E-state index in [1.54, 1.807) is 11.8 Å². The minimum absolute atomic E-state index is 0.0220. The highest BCUT2D eigenvalue weighted by atomic mass is 32.2. The number of aliphatic hydroxyl groups excluding tert-OH is 1. The van der Waals surface area contributed by atoms with E-state index in [4.69, 9.17) is 5.11 Å². The lowest BCUT2D eigenvalue weighted by atomic mass is 9.95. The summed E-state index contributed by atoms with van der Waals surface area (Å²) in [5.74, 6) is 1.15. The lowest BCUT2D eigenvalue weighted by Gasteiger charge is -2.22. The Morgan fingerprint density at radius 3 is 2.29 bits per heavy atom. The Morgan fingerprint density at radius 2 is 1.88 bits per heavy atom. The monoisotopic (exact) mass is 261 g/mol. The molecule has 0 aliphatic heterocycles. The zero-order chi connectivity index (χ0) is 13.4. The van der Waals surface area contributed by atoms with E-state index < -0.39 is 0 Å². The van der Waals surface area contributed by atoms with Crippen molar-refractivity contribution in [2.75, 3.05) is 12.9 Å². The second-order valence-corrected chi connectivity index (χ2v) is 6.33. The molecule has 17 heavy (non-hydrogen) atoms. The smallest absolute Gasteiger partial charge is 0.220 e. The Morgan fingerprint density at radius 1 is 1.29 bits per heavy atom. The Bertz CT molecular complexity index is 217. The van der Waals surface area contributed by atoms with Crippen LogP contribution < -0.4 is 5.32 Å². The standard InChI is InChI=1S/C13H27NO2S/c1-9(2)6-10(3)7-13(16)14-11(4)12(8-15)17-5/h9-12,15H,6-8H2,1-5H3,(H,14,16). The molecular weight excluding hydrogens is 234 g/mol. The van der Waals surface area contributed by atoms with Gasteiger partial charge >= 0.3 is 0 Å². The van der Waals surface area contributed by atoms with Gasteiger partial charge in [-0.05, 0) is 31.4 Å². The second-order valence-electron chi connectivity index (χ2n) is 5.25. The van der Waals surface area contributed by atoms with E-state index in [2.05, 4.69) is 26.1 Å². The Kier molecular flexibility index (Phi) is 8.70. The van der Waals surface area contributed by atoms with Gasteiger partial charge in [-0.3, -0.25) is 4.79 Å². The molecule has 0 radical (unpaired) electrons. The van der Waals surface area contributed by atoms with Crippen molar-refractivity contribution in [3.8, 4) is 0 Å². The summed E-state index contributed by atoms with van der Waals surface area (Å²) in [6.07, 6.45) is 3.60. The summed E-state index contributed by atoms with van der Waals surface area (Å²) in [6.45, 7) is 8.51. The van der Waals surface area contributed by atoms with Crippen molar-refractivity contribution in [2.45, 2.75) is 51.8 Å². The van der Waals surface area contributed by atoms with Gasteiger partial charge < -0.3 is 10.4 Å². The molecule has 102 valence electrons. The third-order valence-corrected chi connectivity index (χ3v) is 4.00. The van der Waals surface area contributed by atoms with Gasteiger partial charge in [0, 0.05) is 17.7 Å². The van der Waals surface area contributed by atoms with E-state index in [0.29, 0.717) is 18.3 Å². The zero-order valence-electron chi connectivity index (χ0n) is 11.7. The molecule has 4 heteroatoms. The van der Waals surface area contributed by atoms with E-state index >= 15 is 0 Å². The molecule has 0 aliphatic carbocycles. The van der Waals surface area contributed by atoms with E-state index in [1.165, 1.54) is 0 Å². The molecular formula is C13H27NO2S. The number of nitrogens with one attached hydrogen (secondary N) is 1. The first-order valence-corrected chi connectivity index (χ1v) is 7.62. The van der Waals surface area contributed by atoms with Crippen LogP contribution in [0.3, 0.4) is 0 Å². The number of rotatable bonds is 8. The lowest BCUT2D eigenvalue weighted by molar-refractivity contribution is -0.122. The van der Waals surface area contributed by atoms with Gasteiger partial charge in [0.1, 0.15) is 0 Å². The molecule has 3 nitrogen and oxygen atoms in total. The van der Waals surface area contributed by atoms with Crippen LogP contribution in [-0.2, 0) is 4.79 Å². The number of hydrogen-bond acceptors (Lipinski definition) is 3. The van der Waals surface area contributed by atoms with Crippen LogP contribution in [0.5, 0.6) is 0 Å². The first-order valence-electron chi connectivity index (χ1n) is 6.33. The van der Waals surface area contributed by atoms with E-state index in [0.717, 1.165) is 6.42 Å². The molecule has 2 N–H and O–H groups in total. The van der Waals surface area contributed by atoms with Crippen LogP contribution in [0.2, 0.25) is 0 Å². The summed E-state index contributed by atoms with van der Waals surface area (Å²) in [7, 11) is 0. The number of carbonyl (C=O) groups excluding carboxylic acids is 1. The lowest BCUT2D eigenvalue weighted by Crippen LogP contribution is -2.41. The molecule has 0 bridgehead atoms. The van der Waals surface area contributed by atoms with Gasteiger partial charge in [0.05, 0.1) is 6.61 Å². The highest BCUT2D eigenvalue weighted by molar-refractivity contribution is 7.99. The first kappa shape index (κ1) is 16.8. The molecule has 1 amide bonds. The van der Waals surface area contributed by atoms with E-state index in [9.17, 15) is 4.79 Å². The number of hydrogen-bond donors (Lipinski definition) is 2. The average Bonchev–Trinajstić information content (AvgIpc) is 2.17. The summed E-state index contributed by atoms with van der Waals surface area (Å²) in [5, 5.41) is 12.2. The topological polar surface area (TPSA) is 49.3 Å². The van der Waals surface area contributed by atoms with Gasteiger partial charge in [-0.1, -0.05) is 20.8 Å². The van der Waals surface area contributed by atoms with Crippen molar-refractivity contribution in [2.24, 2.45) is 11.8 Å². The summed E-state index contributed by atoms with van der Waals surface area (Å²) >= 11 is 1.58. The third kappa shape index (κ3) is 7.66. The van der Waals surface area contributed by atoms with Crippen molar-refractivity contribution >= 4 is 17.7 Å². The van der Waals surface area contributed by atoms with Crippen LogP contribution in [0, 0.1) is 11.8 Å². The Balaban J connectivity index is 4.00. The molecule has 0 aromatic rings. The molecule has 0 aliphatic rings. The minimum atomic E-state index is 0.0220. The van der Waals surface area contributed by atoms with E-state index in [-0.39, 0.29) is 23.8 Å². The molecule has 0 saturated heterocycles. The molecule has 0 saturated carbocycles. The number of carbonyl (C=O) groups is 1. The van der Waals surface area contributed by atoms with Crippen molar-refractivity contribution in [3.63, 3.8) is 0 Å². The van der Waals surface area contributed by atoms with Crippen LogP contribution >= 0.6 is 11.8 Å². The maximum absolute atomic E-state index is 11.8. The normalized spacial score (nSPS) is 16.6. The van der Waals surface area contributed by atoms with E-state index in [1.807, 2.05) is 13.2 Å². The summed E-state index contributed by atoms with van der Waals surface area (Å²) in [6, 6.07) is 0.0220. The van der Waals surface area contributed by atoms with Crippen LogP contribution in [0.1, 0.15) is 40.5 Å². The van der Waals surface area contributed by atoms with Gasteiger partial charge in [-0.15, -0.1) is 0 Å². The van der Waals surface area contributed by atoms with Gasteiger partial charge in [0.2, 0.25) is 5.91 Å². The predicted molar refractivity (Wildman–Crippen MR) is 75.2 cm³/mol. The minimum Gasteiger partial charge on any atom is -0.395 e. The largest absolute Gasteiger partial charge is 0.395 e. The van der Waals surface area contributed by atoms with Crippen molar-refractivity contribution in [1.82, 2.24) is 5.32 Å². The number of thioether (sulfide) groups is 1. The summed E-state index contributed by atoms with van der Waals surface area (Å²) in [4.78, 5) is 11.8. The molecule has 3 unspecified atom stereocenters. The maximum Gasteiger partial charge on any atom is 0.220 e. The molecule has 0 aromatic heterocycles. The highest BCUT2D eigenvalue weighted by Gasteiger charge is 2.18. The van der Waals surface area contributed by atoms with Gasteiger partial charge in [0.15, 0.2) is 0 Å². The Hall–Kier alpha value is -0.220. The summed E-state index contributed by atoms with van der Waals surface area (Å²) in [5.41, 5.74) is 0. The molecule has 0 spiro atoms. The summed E-state index contributed by atoms with van der Waals surface area (Å²) < 4.78 is 0. The van der Waals surface area contributed by atoms with Crippen LogP contribution in [0.25, 0.3) is 0 Å². The van der Waals surface area contributed by atoms with Crippen LogP contribution in [0.4, 0.5) is 0 Å². The molecule has 0 rings (SSSR count). The number of aliphatic hydroxyl groups is 1. The van der Waals surface area contributed by atoms with Gasteiger partial charge in [0.25, 0.3) is 0 Å². The third-order valence-electron chi connectivity index (χ3n) is 2.84. The van der Waals surface area contributed by atoms with Gasteiger partial charge in [-0.25, -0.2) is 0 Å². The zero-order valence-corrected chi connectivity index (χ0v) is 12.5. The molecule has 3 atom stereocenters. The van der Waals surface area contributed by atoms with Gasteiger partial charge in [-0.2, -0.15) is 11.8 Å². The first-order chi connectivity index (χ1) is 7.90. The van der Waals surface area contributed by atoms with Crippen molar-refractivity contribution < 1.29 is 9.90 Å². The fourth-order valence-electron chi connectivity index (χ4n) is 2.05. The van der Waals surface area contributed by atoms with Crippen molar-refractivity contribution in [3.05, 3.63) is 0 Å². The predicted octanol–water partition coefficient (Wildman–Crippen LogP) is 2.29. The quantitative estimate of drug-likeness (QED) is 0.705. The second kappa shape index (κ2) is 8.81. The molecule has 0 heterocycles. The number of amides is 1. The van der Waals surface area contributed by atoms with Crippen molar-refractivity contribution in [1.29, 1.82) is 0 Å². The molecule has 0 aromatic carbocycles. The fraction of sp³-hybridized carbons (Fsp3) is 0.923. The van der Waals surface area contributed by atoms with Crippen LogP contribution in [0.15, 0.2) is 0 Å². The fourth-order valence-corrected chi connectivity index (χ4v) is 2.67. The molecule has 0 fully saturated rings. The van der Waals surface area contributed by atoms with Crippen LogP contribution in [-0.4, -0.2) is 35.2 Å². The average molecular weight is 261 g/mol.